The highest BCUT2D eigenvalue weighted by atomic mass is 32.2. The molecule has 0 aliphatic rings. The molecule has 0 aromatic heterocycles. The highest BCUT2D eigenvalue weighted by molar-refractivity contribution is 7.89. The smallest absolute Gasteiger partial charge is 0.338 e. The number of carbonyl (C=O) groups excluding carboxylic acids is 2. The summed E-state index contributed by atoms with van der Waals surface area (Å²) in [5.41, 5.74) is 2.72. The number of benzene rings is 2. The second-order valence-electron chi connectivity index (χ2n) is 6.82. The molecule has 0 bridgehead atoms. The Bertz CT molecular complexity index is 992. The van der Waals surface area contributed by atoms with Gasteiger partial charge < -0.3 is 4.74 Å². The van der Waals surface area contributed by atoms with Crippen molar-refractivity contribution in [2.24, 2.45) is 0 Å². The van der Waals surface area contributed by atoms with E-state index in [9.17, 15) is 18.0 Å². The first-order valence-corrected chi connectivity index (χ1v) is 11.0. The molecule has 0 spiro atoms. The Morgan fingerprint density at radius 1 is 0.931 bits per heavy atom. The van der Waals surface area contributed by atoms with Gasteiger partial charge in [0.25, 0.3) is 0 Å². The maximum atomic E-state index is 12.5. The SMILES string of the molecule is CCN(CC)S(=O)(=O)c1ccc(C(=O)OC(C)C(=O)c2ccc(C)c(C)c2)cc1. The molecular formula is C22H27NO5S. The largest absolute Gasteiger partial charge is 0.451 e. The van der Waals surface area contributed by atoms with Crippen LogP contribution in [0.25, 0.3) is 0 Å². The van der Waals surface area contributed by atoms with Crippen LogP contribution >= 0.6 is 0 Å². The maximum absolute atomic E-state index is 12.5. The Morgan fingerprint density at radius 2 is 1.48 bits per heavy atom. The molecule has 0 heterocycles. The average Bonchev–Trinajstić information content (AvgIpc) is 2.70. The van der Waals surface area contributed by atoms with Crippen molar-refractivity contribution in [3.05, 3.63) is 64.7 Å². The molecule has 2 aromatic carbocycles. The molecule has 0 aliphatic carbocycles. The fourth-order valence-electron chi connectivity index (χ4n) is 2.89. The molecule has 0 saturated heterocycles. The predicted octanol–water partition coefficient (Wildman–Crippen LogP) is 3.76. The Kier molecular flexibility index (Phi) is 7.32. The fraction of sp³-hybridized carbons (Fsp3) is 0.364. The molecule has 2 rings (SSSR count). The van der Waals surface area contributed by atoms with E-state index >= 15 is 0 Å². The number of ether oxygens (including phenoxy) is 1. The van der Waals surface area contributed by atoms with Gasteiger partial charge in [0.2, 0.25) is 15.8 Å². The van der Waals surface area contributed by atoms with Gasteiger partial charge in [-0.3, -0.25) is 4.79 Å². The Hall–Kier alpha value is -2.51. The lowest BCUT2D eigenvalue weighted by Gasteiger charge is -2.18. The predicted molar refractivity (Wildman–Crippen MR) is 112 cm³/mol. The third-order valence-electron chi connectivity index (χ3n) is 4.88. The van der Waals surface area contributed by atoms with Crippen molar-refractivity contribution in [1.29, 1.82) is 0 Å². The van der Waals surface area contributed by atoms with Gasteiger partial charge in [-0.15, -0.1) is 0 Å². The number of nitrogens with zero attached hydrogens (tertiary/aromatic N) is 1. The second-order valence-corrected chi connectivity index (χ2v) is 8.76. The zero-order valence-corrected chi connectivity index (χ0v) is 18.2. The summed E-state index contributed by atoms with van der Waals surface area (Å²) < 4.78 is 31.7. The van der Waals surface area contributed by atoms with Crippen molar-refractivity contribution in [3.8, 4) is 0 Å². The minimum atomic E-state index is -3.60. The third-order valence-corrected chi connectivity index (χ3v) is 6.94. The van der Waals surface area contributed by atoms with Crippen LogP contribution < -0.4 is 0 Å². The van der Waals surface area contributed by atoms with E-state index in [2.05, 4.69) is 0 Å². The molecule has 1 unspecified atom stereocenters. The van der Waals surface area contributed by atoms with E-state index in [1.54, 1.807) is 26.0 Å². The number of ketones is 1. The fourth-order valence-corrected chi connectivity index (χ4v) is 4.35. The van der Waals surface area contributed by atoms with Gasteiger partial charge in [-0.05, 0) is 62.2 Å². The van der Waals surface area contributed by atoms with Crippen molar-refractivity contribution in [2.45, 2.75) is 45.6 Å². The zero-order chi connectivity index (χ0) is 21.8. The molecule has 6 nitrogen and oxygen atoms in total. The number of carbonyl (C=O) groups is 2. The number of Topliss-reactive ketones (excluding diaryl/α,β-unsaturated/α-hetero) is 1. The van der Waals surface area contributed by atoms with Gasteiger partial charge in [-0.1, -0.05) is 26.0 Å². The molecule has 0 N–H and O–H groups in total. The van der Waals surface area contributed by atoms with Gasteiger partial charge in [0.15, 0.2) is 6.10 Å². The summed E-state index contributed by atoms with van der Waals surface area (Å²) in [5, 5.41) is 0. The van der Waals surface area contributed by atoms with E-state index < -0.39 is 22.1 Å². The van der Waals surface area contributed by atoms with Gasteiger partial charge in [-0.25, -0.2) is 13.2 Å². The number of hydrogen-bond donors (Lipinski definition) is 0. The van der Waals surface area contributed by atoms with Crippen LogP contribution in [0.2, 0.25) is 0 Å². The number of esters is 1. The molecule has 0 saturated carbocycles. The zero-order valence-electron chi connectivity index (χ0n) is 17.4. The summed E-state index contributed by atoms with van der Waals surface area (Å²) in [6.07, 6.45) is -0.955. The van der Waals surface area contributed by atoms with E-state index in [1.165, 1.54) is 35.5 Å². The van der Waals surface area contributed by atoms with E-state index in [0.29, 0.717) is 18.7 Å². The molecule has 2 aromatic rings. The van der Waals surface area contributed by atoms with Crippen molar-refractivity contribution in [1.82, 2.24) is 4.31 Å². The normalized spacial score (nSPS) is 12.6. The van der Waals surface area contributed by atoms with E-state index in [1.807, 2.05) is 19.9 Å². The molecule has 7 heteroatoms. The molecule has 0 aliphatic heterocycles. The van der Waals surface area contributed by atoms with Crippen LogP contribution in [0, 0.1) is 13.8 Å². The highest BCUT2D eigenvalue weighted by Crippen LogP contribution is 2.18. The van der Waals surface area contributed by atoms with Crippen LogP contribution in [-0.2, 0) is 14.8 Å². The number of sulfonamides is 1. The third kappa shape index (κ3) is 5.10. The van der Waals surface area contributed by atoms with Crippen molar-refractivity contribution in [3.63, 3.8) is 0 Å². The van der Waals surface area contributed by atoms with Gasteiger partial charge in [-0.2, -0.15) is 4.31 Å². The molecule has 0 fully saturated rings. The monoisotopic (exact) mass is 417 g/mol. The summed E-state index contributed by atoms with van der Waals surface area (Å²) in [5.74, 6) is -0.969. The summed E-state index contributed by atoms with van der Waals surface area (Å²) in [7, 11) is -3.60. The summed E-state index contributed by atoms with van der Waals surface area (Å²) in [4.78, 5) is 25.0. The van der Waals surface area contributed by atoms with Crippen LogP contribution in [0.5, 0.6) is 0 Å². The Balaban J connectivity index is 2.12. The summed E-state index contributed by atoms with van der Waals surface area (Å²) in [6.45, 7) is 9.64. The van der Waals surface area contributed by atoms with Crippen LogP contribution in [0.15, 0.2) is 47.4 Å². The van der Waals surface area contributed by atoms with E-state index in [0.717, 1.165) is 11.1 Å². The van der Waals surface area contributed by atoms with Crippen molar-refractivity contribution in [2.75, 3.05) is 13.1 Å². The Labute approximate surface area is 172 Å². The topological polar surface area (TPSA) is 80.8 Å². The lowest BCUT2D eigenvalue weighted by molar-refractivity contribution is 0.0318. The molecule has 1 atom stereocenters. The van der Waals surface area contributed by atoms with Crippen LogP contribution in [0.1, 0.15) is 52.6 Å². The number of rotatable bonds is 8. The maximum Gasteiger partial charge on any atom is 0.338 e. The standard InChI is InChI=1S/C22H27NO5S/c1-6-23(7-2)29(26,27)20-12-10-18(11-13-20)22(25)28-17(5)21(24)19-9-8-15(3)16(4)14-19/h8-14,17H,6-7H2,1-5H3. The van der Waals surface area contributed by atoms with Crippen LogP contribution in [0.3, 0.4) is 0 Å². The second kappa shape index (κ2) is 9.33. The van der Waals surface area contributed by atoms with Crippen LogP contribution in [-0.4, -0.2) is 43.7 Å². The summed E-state index contributed by atoms with van der Waals surface area (Å²) in [6, 6.07) is 10.9. The molecular weight excluding hydrogens is 390 g/mol. The quantitative estimate of drug-likeness (QED) is 0.483. The number of aryl methyl sites for hydroxylation is 2. The van der Waals surface area contributed by atoms with E-state index in [4.69, 9.17) is 4.74 Å². The molecule has 0 amide bonds. The highest BCUT2D eigenvalue weighted by Gasteiger charge is 2.23. The number of hydrogen-bond acceptors (Lipinski definition) is 5. The lowest BCUT2D eigenvalue weighted by Crippen LogP contribution is -2.30. The van der Waals surface area contributed by atoms with Crippen molar-refractivity contribution < 1.29 is 22.7 Å². The van der Waals surface area contributed by atoms with Gasteiger partial charge >= 0.3 is 5.97 Å². The lowest BCUT2D eigenvalue weighted by atomic mass is 10.0. The van der Waals surface area contributed by atoms with Crippen molar-refractivity contribution >= 4 is 21.8 Å². The van der Waals surface area contributed by atoms with Gasteiger partial charge in [0, 0.05) is 18.7 Å². The Morgan fingerprint density at radius 3 is 2.00 bits per heavy atom. The van der Waals surface area contributed by atoms with Crippen LogP contribution in [0.4, 0.5) is 0 Å². The minimum absolute atomic E-state index is 0.108. The van der Waals surface area contributed by atoms with Gasteiger partial charge in [0.05, 0.1) is 10.5 Å². The summed E-state index contributed by atoms with van der Waals surface area (Å²) >= 11 is 0. The first-order chi connectivity index (χ1) is 13.6. The average molecular weight is 418 g/mol. The first kappa shape index (κ1) is 22.8. The van der Waals surface area contributed by atoms with Gasteiger partial charge in [0.1, 0.15) is 0 Å². The molecule has 156 valence electrons. The molecule has 29 heavy (non-hydrogen) atoms. The molecule has 0 radical (unpaired) electrons. The minimum Gasteiger partial charge on any atom is -0.451 e. The van der Waals surface area contributed by atoms with E-state index in [-0.39, 0.29) is 16.2 Å². The first-order valence-electron chi connectivity index (χ1n) is 9.54.